The maximum atomic E-state index is 12.3. The molecule has 0 unspecified atom stereocenters. The quantitative estimate of drug-likeness (QED) is 0.140. The molecule has 8 fully saturated rings. The fourth-order valence-corrected chi connectivity index (χ4v) is 20.2. The summed E-state index contributed by atoms with van der Waals surface area (Å²) < 4.78 is 0. The molecule has 0 heterocycles. The van der Waals surface area contributed by atoms with Gasteiger partial charge in [0.15, 0.2) is 0 Å². The summed E-state index contributed by atoms with van der Waals surface area (Å²) in [7, 11) is 0. The second-order valence-corrected chi connectivity index (χ2v) is 29.5. The molecule has 8 aliphatic rings. The first kappa shape index (κ1) is 50.2. The average Bonchev–Trinajstić information content (AvgIpc) is 3.78. The lowest BCUT2D eigenvalue weighted by atomic mass is 9.43. The second-order valence-electron chi connectivity index (χ2n) is 29.5. The number of aliphatic hydroxyl groups is 4. The summed E-state index contributed by atoms with van der Waals surface area (Å²) >= 11 is 0. The molecule has 4 nitrogen and oxygen atoms in total. The zero-order chi connectivity index (χ0) is 46.5. The van der Waals surface area contributed by atoms with E-state index >= 15 is 0 Å². The van der Waals surface area contributed by atoms with E-state index in [1.807, 2.05) is 0 Å². The third-order valence-corrected chi connectivity index (χ3v) is 24.7. The molecule has 8 aliphatic carbocycles. The average molecular weight is 892 g/mol. The Bertz CT molecular complexity index is 1600. The Morgan fingerprint density at radius 2 is 0.938 bits per heavy atom. The maximum absolute atomic E-state index is 12.3. The number of fused-ring (bicyclic) bond motifs is 10. The van der Waals surface area contributed by atoms with Gasteiger partial charge in [0.05, 0.1) is 23.4 Å². The largest absolute Gasteiger partial charge is 0.393 e. The van der Waals surface area contributed by atoms with Crippen LogP contribution in [0.2, 0.25) is 0 Å². The zero-order valence-electron chi connectivity index (χ0n) is 44.3. The smallest absolute Gasteiger partial charge is 0.0650 e. The number of hydrogen-bond acceptors (Lipinski definition) is 4. The predicted octanol–water partition coefficient (Wildman–Crippen LogP) is 15.0. The van der Waals surface area contributed by atoms with Crippen molar-refractivity contribution in [3.8, 4) is 0 Å². The summed E-state index contributed by atoms with van der Waals surface area (Å²) in [5, 5.41) is 46.9. The van der Waals surface area contributed by atoms with Crippen LogP contribution in [0.25, 0.3) is 0 Å². The molecule has 20 atom stereocenters. The van der Waals surface area contributed by atoms with Crippen LogP contribution in [0.4, 0.5) is 0 Å². The molecule has 8 rings (SSSR count). The predicted molar refractivity (Wildman–Crippen MR) is 267 cm³/mol. The Morgan fingerprint density at radius 1 is 0.500 bits per heavy atom. The molecule has 0 aromatic rings. The van der Waals surface area contributed by atoms with E-state index in [2.05, 4.69) is 83.1 Å². The van der Waals surface area contributed by atoms with Crippen molar-refractivity contribution in [2.45, 2.75) is 273 Å². The zero-order valence-corrected chi connectivity index (χ0v) is 44.3. The van der Waals surface area contributed by atoms with E-state index in [9.17, 15) is 20.4 Å². The number of aliphatic hydroxyl groups excluding tert-OH is 2. The van der Waals surface area contributed by atoms with Crippen LogP contribution in [0, 0.1) is 104 Å². The van der Waals surface area contributed by atoms with Gasteiger partial charge >= 0.3 is 0 Å². The van der Waals surface area contributed by atoms with Gasteiger partial charge in [0.1, 0.15) is 0 Å². The fourth-order valence-electron chi connectivity index (χ4n) is 20.2. The van der Waals surface area contributed by atoms with Crippen LogP contribution in [-0.4, -0.2) is 43.8 Å². The molecule has 0 aromatic carbocycles. The third-order valence-electron chi connectivity index (χ3n) is 24.7. The minimum atomic E-state index is -0.512. The standard InChI is InChI=1S/C60H106O4/c1-13-59(63)35-33-55(9)41(37-59)15-17-43-47-22-20-46(58(47,12)31-23-49(43)55)40(3)52(62)26-30-54(7,8)27-14-28-60(64)36-34-56(10)42(38-60)16-18-44-48-21-19-45(57(48,11)32-24-50(44)56)39(2)51(61)25-29-53(4,5)6/h39-52,61-64H,13-38H2,1-12H3/t39-,40-,41+,42+,43-,44-,45+,46+,47-,48-,49-,50-,51-,52+,55-,56-,57+,58+,59-,60-/m0/s1. The van der Waals surface area contributed by atoms with E-state index in [-0.39, 0.29) is 23.0 Å². The van der Waals surface area contributed by atoms with E-state index < -0.39 is 11.2 Å². The fraction of sp³-hybridized carbons (Fsp3) is 1.00. The van der Waals surface area contributed by atoms with Gasteiger partial charge < -0.3 is 20.4 Å². The molecule has 0 saturated heterocycles. The van der Waals surface area contributed by atoms with Crippen LogP contribution in [-0.2, 0) is 0 Å². The highest BCUT2D eigenvalue weighted by Gasteiger charge is 2.64. The Labute approximate surface area is 395 Å². The highest BCUT2D eigenvalue weighted by atomic mass is 16.3. The summed E-state index contributed by atoms with van der Waals surface area (Å²) in [5.74, 6) is 8.27. The van der Waals surface area contributed by atoms with Gasteiger partial charge in [0, 0.05) is 0 Å². The second kappa shape index (κ2) is 17.9. The molecule has 64 heavy (non-hydrogen) atoms. The summed E-state index contributed by atoms with van der Waals surface area (Å²) in [5.41, 5.74) is 1.01. The molecule has 0 radical (unpaired) electrons. The molecule has 0 amide bonds. The van der Waals surface area contributed by atoms with Crippen molar-refractivity contribution in [2.24, 2.45) is 104 Å². The van der Waals surface area contributed by atoms with Gasteiger partial charge in [-0.25, -0.2) is 0 Å². The van der Waals surface area contributed by atoms with Crippen molar-refractivity contribution in [2.75, 3.05) is 0 Å². The molecule has 4 N–H and O–H groups in total. The monoisotopic (exact) mass is 891 g/mol. The minimum absolute atomic E-state index is 0.171. The van der Waals surface area contributed by atoms with Crippen LogP contribution in [0.15, 0.2) is 0 Å². The lowest BCUT2D eigenvalue weighted by Gasteiger charge is -2.62. The van der Waals surface area contributed by atoms with Gasteiger partial charge in [-0.15, -0.1) is 0 Å². The van der Waals surface area contributed by atoms with Crippen LogP contribution >= 0.6 is 0 Å². The highest BCUT2D eigenvalue weighted by Crippen LogP contribution is 2.71. The molecule has 0 aromatic heterocycles. The van der Waals surface area contributed by atoms with Crippen molar-refractivity contribution in [3.63, 3.8) is 0 Å². The first-order valence-electron chi connectivity index (χ1n) is 28.6. The Balaban J connectivity index is 0.796. The van der Waals surface area contributed by atoms with Gasteiger partial charge in [-0.05, 0) is 264 Å². The van der Waals surface area contributed by atoms with Gasteiger partial charge in [0.25, 0.3) is 0 Å². The topological polar surface area (TPSA) is 80.9 Å². The molecule has 0 bridgehead atoms. The number of rotatable bonds is 14. The first-order valence-corrected chi connectivity index (χ1v) is 28.6. The molecule has 4 heteroatoms. The van der Waals surface area contributed by atoms with Crippen molar-refractivity contribution >= 4 is 0 Å². The maximum Gasteiger partial charge on any atom is 0.0650 e. The van der Waals surface area contributed by atoms with Crippen LogP contribution in [0.1, 0.15) is 250 Å². The van der Waals surface area contributed by atoms with Crippen molar-refractivity contribution in [3.05, 3.63) is 0 Å². The molecule has 0 aliphatic heterocycles. The van der Waals surface area contributed by atoms with Gasteiger partial charge in [-0.2, -0.15) is 0 Å². The van der Waals surface area contributed by atoms with Gasteiger partial charge in [-0.3, -0.25) is 0 Å². The SMILES string of the molecule is CC[C@]1(O)CC[C@@]2(C)[C@H](CC[C@@H]3[C@@H]2CC[C@]2(C)[C@@H]([C@H](C)[C@H](O)CCC(C)(C)CCC[C@]4(O)CC[C@@]5(C)[C@H](CC[C@@H]6[C@@H]5CC[C@]5(C)[C@@H]([C@H](C)[C@@H](O)CCC(C)(C)C)CC[C@@H]65)C4)CC[C@@H]32)C1. The Hall–Kier alpha value is -0.160. The summed E-state index contributed by atoms with van der Waals surface area (Å²) in [6.45, 7) is 29.3. The van der Waals surface area contributed by atoms with Gasteiger partial charge in [0.2, 0.25) is 0 Å². The van der Waals surface area contributed by atoms with Crippen LogP contribution in [0.5, 0.6) is 0 Å². The summed E-state index contributed by atoms with van der Waals surface area (Å²) in [6.07, 6.45) is 30.2. The normalized spacial score (nSPS) is 48.8. The summed E-state index contributed by atoms with van der Waals surface area (Å²) in [4.78, 5) is 0. The van der Waals surface area contributed by atoms with Crippen LogP contribution < -0.4 is 0 Å². The van der Waals surface area contributed by atoms with Crippen molar-refractivity contribution in [1.29, 1.82) is 0 Å². The molecular formula is C60H106O4. The van der Waals surface area contributed by atoms with Gasteiger partial charge in [-0.1, -0.05) is 89.5 Å². The third kappa shape index (κ3) is 9.07. The van der Waals surface area contributed by atoms with Crippen molar-refractivity contribution in [1.82, 2.24) is 0 Å². The van der Waals surface area contributed by atoms with E-state index in [1.165, 1.54) is 89.9 Å². The molecule has 8 saturated carbocycles. The van der Waals surface area contributed by atoms with E-state index in [4.69, 9.17) is 0 Å². The van der Waals surface area contributed by atoms with E-state index in [0.717, 1.165) is 113 Å². The lowest BCUT2D eigenvalue weighted by molar-refractivity contribution is -0.155. The Morgan fingerprint density at radius 3 is 1.41 bits per heavy atom. The molecular weight excluding hydrogens is 785 g/mol. The van der Waals surface area contributed by atoms with E-state index in [0.29, 0.717) is 57.2 Å². The lowest BCUT2D eigenvalue weighted by Crippen LogP contribution is -2.56. The molecule has 0 spiro atoms. The number of hydrogen-bond donors (Lipinski definition) is 4. The highest BCUT2D eigenvalue weighted by molar-refractivity contribution is 5.13. The summed E-state index contributed by atoms with van der Waals surface area (Å²) in [6, 6.07) is 0. The first-order chi connectivity index (χ1) is 29.8. The Kier molecular flexibility index (Phi) is 14.1. The molecule has 370 valence electrons. The van der Waals surface area contributed by atoms with Crippen LogP contribution in [0.3, 0.4) is 0 Å². The van der Waals surface area contributed by atoms with E-state index in [1.54, 1.807) is 0 Å². The van der Waals surface area contributed by atoms with Crippen molar-refractivity contribution < 1.29 is 20.4 Å². The minimum Gasteiger partial charge on any atom is -0.393 e.